The van der Waals surface area contributed by atoms with Crippen LogP contribution in [-0.2, 0) is 13.0 Å². The van der Waals surface area contributed by atoms with E-state index in [1.807, 2.05) is 19.9 Å². The van der Waals surface area contributed by atoms with Crippen LogP contribution in [0.2, 0.25) is 0 Å². The number of aromatic nitrogens is 3. The lowest BCUT2D eigenvalue weighted by Gasteiger charge is -2.33. The number of fused-ring (bicyclic) bond motifs is 1. The fourth-order valence-corrected chi connectivity index (χ4v) is 5.49. The Balaban J connectivity index is 1.40. The number of halogens is 2. The first-order valence-corrected chi connectivity index (χ1v) is 12.9. The summed E-state index contributed by atoms with van der Waals surface area (Å²) in [5.74, 6) is -0.528. The Labute approximate surface area is 216 Å². The van der Waals surface area contributed by atoms with Gasteiger partial charge in [-0.1, -0.05) is 32.8 Å². The van der Waals surface area contributed by atoms with Crippen molar-refractivity contribution in [3.05, 3.63) is 58.9 Å². The van der Waals surface area contributed by atoms with Crippen LogP contribution in [0.5, 0.6) is 0 Å². The van der Waals surface area contributed by atoms with Gasteiger partial charge in [0.15, 0.2) is 5.82 Å². The summed E-state index contributed by atoms with van der Waals surface area (Å²) in [7, 11) is 1.63. The minimum Gasteiger partial charge on any atom is -0.396 e. The number of benzene rings is 1. The van der Waals surface area contributed by atoms with Crippen LogP contribution in [0.1, 0.15) is 56.4 Å². The number of aliphatic imine (C=N–C) groups is 1. The lowest BCUT2D eigenvalue weighted by atomic mass is 9.95. The minimum absolute atomic E-state index is 0.00903. The summed E-state index contributed by atoms with van der Waals surface area (Å²) < 4.78 is 29.6. The number of anilines is 3. The van der Waals surface area contributed by atoms with E-state index in [9.17, 15) is 8.78 Å². The Kier molecular flexibility index (Phi) is 7.15. The lowest BCUT2D eigenvalue weighted by molar-refractivity contribution is 0.179. The van der Waals surface area contributed by atoms with Gasteiger partial charge in [-0.25, -0.2) is 23.7 Å². The van der Waals surface area contributed by atoms with Crippen LogP contribution in [0.3, 0.4) is 0 Å². The predicted octanol–water partition coefficient (Wildman–Crippen LogP) is 5.52. The number of nitrogen functional groups attached to an aromatic ring is 1. The van der Waals surface area contributed by atoms with Gasteiger partial charge in [0.05, 0.1) is 11.9 Å². The van der Waals surface area contributed by atoms with Crippen LogP contribution < -0.4 is 11.1 Å². The topological polar surface area (TPSA) is 92.3 Å². The van der Waals surface area contributed by atoms with Gasteiger partial charge >= 0.3 is 0 Å². The van der Waals surface area contributed by atoms with Gasteiger partial charge in [0.1, 0.15) is 17.3 Å². The van der Waals surface area contributed by atoms with E-state index in [1.165, 1.54) is 37.3 Å². The van der Waals surface area contributed by atoms with Gasteiger partial charge in [0, 0.05) is 55.1 Å². The third-order valence-corrected chi connectivity index (χ3v) is 7.37. The van der Waals surface area contributed by atoms with Crippen molar-refractivity contribution in [2.45, 2.75) is 58.5 Å². The first-order chi connectivity index (χ1) is 17.8. The molecule has 1 aliphatic heterocycles. The van der Waals surface area contributed by atoms with E-state index in [4.69, 9.17) is 10.7 Å². The number of nitrogens with two attached hydrogens (primary N) is 1. The molecule has 0 bridgehead atoms. The van der Waals surface area contributed by atoms with Crippen molar-refractivity contribution in [2.75, 3.05) is 24.6 Å². The van der Waals surface area contributed by atoms with Crippen molar-refractivity contribution >= 4 is 23.2 Å². The second kappa shape index (κ2) is 10.5. The highest BCUT2D eigenvalue weighted by molar-refractivity contribution is 6.06. The molecule has 2 aliphatic rings. The Bertz CT molecular complexity index is 1330. The van der Waals surface area contributed by atoms with Gasteiger partial charge in [0.2, 0.25) is 5.95 Å². The Morgan fingerprint density at radius 3 is 2.65 bits per heavy atom. The lowest BCUT2D eigenvalue weighted by Crippen LogP contribution is -2.38. The summed E-state index contributed by atoms with van der Waals surface area (Å²) in [6.45, 7) is 5.82. The van der Waals surface area contributed by atoms with Gasteiger partial charge in [-0.2, -0.15) is 0 Å². The largest absolute Gasteiger partial charge is 0.396 e. The monoisotopic (exact) mass is 505 g/mol. The van der Waals surface area contributed by atoms with Crippen molar-refractivity contribution in [3.63, 3.8) is 0 Å². The fourth-order valence-electron chi connectivity index (χ4n) is 5.49. The molecule has 0 amide bonds. The summed E-state index contributed by atoms with van der Waals surface area (Å²) in [6.07, 6.45) is 7.19. The van der Waals surface area contributed by atoms with Gasteiger partial charge in [0.25, 0.3) is 0 Å². The first-order valence-electron chi connectivity index (χ1n) is 12.9. The third kappa shape index (κ3) is 5.18. The maximum atomic E-state index is 14.8. The van der Waals surface area contributed by atoms with E-state index in [0.29, 0.717) is 23.1 Å². The average Bonchev–Trinajstić information content (AvgIpc) is 3.43. The van der Waals surface area contributed by atoms with Crippen molar-refractivity contribution in [2.24, 2.45) is 10.9 Å². The zero-order valence-corrected chi connectivity index (χ0v) is 21.6. The molecular formula is C28H33F2N7. The molecule has 3 heterocycles. The maximum absolute atomic E-state index is 14.8. The van der Waals surface area contributed by atoms with Crippen LogP contribution in [0.4, 0.5) is 26.2 Å². The molecule has 0 saturated heterocycles. The van der Waals surface area contributed by atoms with Crippen LogP contribution in [-0.4, -0.2) is 45.2 Å². The molecule has 194 valence electrons. The average molecular weight is 506 g/mol. The van der Waals surface area contributed by atoms with E-state index in [-0.39, 0.29) is 28.8 Å². The molecule has 1 aliphatic carbocycles. The molecule has 37 heavy (non-hydrogen) atoms. The Morgan fingerprint density at radius 2 is 1.92 bits per heavy atom. The number of hydrogen-bond donors (Lipinski definition) is 2. The molecule has 7 nitrogen and oxygen atoms in total. The molecule has 0 radical (unpaired) electrons. The quantitative estimate of drug-likeness (QED) is 0.339. The van der Waals surface area contributed by atoms with Gasteiger partial charge in [-0.15, -0.1) is 0 Å². The third-order valence-electron chi connectivity index (χ3n) is 7.37. The van der Waals surface area contributed by atoms with Crippen molar-refractivity contribution in [1.29, 1.82) is 0 Å². The van der Waals surface area contributed by atoms with Gasteiger partial charge in [-0.3, -0.25) is 9.89 Å². The van der Waals surface area contributed by atoms with Crippen LogP contribution in [0.15, 0.2) is 35.5 Å². The highest BCUT2D eigenvalue weighted by Crippen LogP contribution is 2.31. The molecule has 0 spiro atoms. The summed E-state index contributed by atoms with van der Waals surface area (Å²) in [4.78, 5) is 20.1. The zero-order valence-electron chi connectivity index (χ0n) is 21.6. The SMILES string of the molecule is CN=C(c1cc(-c2nc(Nc3ccc4c(n3)CCN(C3CCCC3)C4)ncc2F)cc(F)c1N)C(C)C. The number of rotatable bonds is 6. The molecule has 2 aromatic heterocycles. The molecule has 3 N–H and O–H groups in total. The predicted molar refractivity (Wildman–Crippen MR) is 143 cm³/mol. The molecule has 1 saturated carbocycles. The standard InChI is InChI=1S/C28H33F2N7/c1-16(2)26(32-3)20-12-18(13-21(29)25(20)31)27-22(30)14-33-28(36-27)35-24-9-8-17-15-37(11-10-23(17)34-24)19-6-4-5-7-19/h8-9,12-14,16,19H,4-7,10-11,15,31H2,1-3H3,(H,33,34,35,36). The number of nitrogens with zero attached hydrogens (tertiary/aromatic N) is 5. The summed E-state index contributed by atoms with van der Waals surface area (Å²) in [5, 5.41) is 3.09. The summed E-state index contributed by atoms with van der Waals surface area (Å²) in [5.41, 5.74) is 9.60. The second-order valence-corrected chi connectivity index (χ2v) is 10.2. The van der Waals surface area contributed by atoms with E-state index in [2.05, 4.69) is 31.2 Å². The number of hydrogen-bond acceptors (Lipinski definition) is 7. The molecule has 0 unspecified atom stereocenters. The fraction of sp³-hybridized carbons (Fsp3) is 0.429. The highest BCUT2D eigenvalue weighted by atomic mass is 19.1. The van der Waals surface area contributed by atoms with Crippen LogP contribution >= 0.6 is 0 Å². The maximum Gasteiger partial charge on any atom is 0.229 e. The molecular weight excluding hydrogens is 472 g/mol. The van der Waals surface area contributed by atoms with Gasteiger partial charge in [-0.05, 0) is 42.5 Å². The molecule has 9 heteroatoms. The van der Waals surface area contributed by atoms with Crippen LogP contribution in [0.25, 0.3) is 11.3 Å². The number of nitrogens with one attached hydrogen (secondary N) is 1. The summed E-state index contributed by atoms with van der Waals surface area (Å²) in [6, 6.07) is 7.50. The molecule has 1 fully saturated rings. The molecule has 3 aromatic rings. The van der Waals surface area contributed by atoms with E-state index < -0.39 is 11.6 Å². The van der Waals surface area contributed by atoms with Gasteiger partial charge < -0.3 is 11.1 Å². The second-order valence-electron chi connectivity index (χ2n) is 10.2. The van der Waals surface area contributed by atoms with Crippen molar-refractivity contribution < 1.29 is 8.78 Å². The zero-order chi connectivity index (χ0) is 26.1. The smallest absolute Gasteiger partial charge is 0.229 e. The van der Waals surface area contributed by atoms with Crippen molar-refractivity contribution in [3.8, 4) is 11.3 Å². The summed E-state index contributed by atoms with van der Waals surface area (Å²) >= 11 is 0. The first kappa shape index (κ1) is 25.2. The number of pyridine rings is 1. The van der Waals surface area contributed by atoms with E-state index in [0.717, 1.165) is 31.4 Å². The Hall–Kier alpha value is -3.46. The normalized spacial score (nSPS) is 16.9. The van der Waals surface area contributed by atoms with Crippen molar-refractivity contribution in [1.82, 2.24) is 19.9 Å². The Morgan fingerprint density at radius 1 is 1.14 bits per heavy atom. The highest BCUT2D eigenvalue weighted by Gasteiger charge is 2.26. The van der Waals surface area contributed by atoms with Crippen LogP contribution in [0, 0.1) is 17.6 Å². The molecule has 0 atom stereocenters. The molecule has 5 rings (SSSR count). The van der Waals surface area contributed by atoms with E-state index in [1.54, 1.807) is 13.1 Å². The molecule has 1 aromatic carbocycles. The minimum atomic E-state index is -0.661. The van der Waals surface area contributed by atoms with E-state index >= 15 is 0 Å².